The van der Waals surface area contributed by atoms with Crippen LogP contribution >= 0.6 is 0 Å². The Morgan fingerprint density at radius 1 is 0.810 bits per heavy atom. The van der Waals surface area contributed by atoms with Crippen LogP contribution in [-0.2, 0) is 39.0 Å². The van der Waals surface area contributed by atoms with Crippen molar-refractivity contribution in [1.82, 2.24) is 10.2 Å². The van der Waals surface area contributed by atoms with E-state index in [2.05, 4.69) is 5.32 Å². The van der Waals surface area contributed by atoms with Crippen molar-refractivity contribution in [1.29, 1.82) is 0 Å². The lowest BCUT2D eigenvalue weighted by molar-refractivity contribution is -0.139. The Morgan fingerprint density at radius 2 is 1.38 bits per heavy atom. The average molecular weight is 588 g/mol. The summed E-state index contributed by atoms with van der Waals surface area (Å²) in [5.41, 5.74) is 2.10. The number of carbonyl (C=O) groups is 2. The summed E-state index contributed by atoms with van der Waals surface area (Å²) < 4.78 is 44.0. The van der Waals surface area contributed by atoms with Crippen molar-refractivity contribution in [3.05, 3.63) is 132 Å². The van der Waals surface area contributed by atoms with Crippen LogP contribution in [0.5, 0.6) is 0 Å². The lowest BCUT2D eigenvalue weighted by Gasteiger charge is -2.34. The van der Waals surface area contributed by atoms with Crippen LogP contribution in [0.3, 0.4) is 0 Å². The molecule has 1 atom stereocenters. The van der Waals surface area contributed by atoms with Crippen LogP contribution in [0.2, 0.25) is 0 Å². The van der Waals surface area contributed by atoms with Gasteiger partial charge in [-0.1, -0.05) is 91.9 Å². The third-order valence-electron chi connectivity index (χ3n) is 7.07. The number of aryl methyl sites for hydroxylation is 1. The minimum absolute atomic E-state index is 0.0245. The summed E-state index contributed by atoms with van der Waals surface area (Å²) in [5.74, 6) is -1.63. The summed E-state index contributed by atoms with van der Waals surface area (Å²) in [6.45, 7) is 1.08. The lowest BCUT2D eigenvalue weighted by Crippen LogP contribution is -2.53. The number of hydrogen-bond acceptors (Lipinski definition) is 4. The van der Waals surface area contributed by atoms with E-state index in [1.54, 1.807) is 48.5 Å². The van der Waals surface area contributed by atoms with Gasteiger partial charge in [0, 0.05) is 25.6 Å². The topological polar surface area (TPSA) is 86.8 Å². The van der Waals surface area contributed by atoms with Gasteiger partial charge in [0.25, 0.3) is 10.0 Å². The number of para-hydroxylation sites is 1. The van der Waals surface area contributed by atoms with Crippen molar-refractivity contribution in [3.8, 4) is 0 Å². The van der Waals surface area contributed by atoms with Gasteiger partial charge in [-0.2, -0.15) is 0 Å². The molecule has 4 rings (SSSR count). The maximum atomic E-state index is 14.9. The van der Waals surface area contributed by atoms with E-state index in [1.165, 1.54) is 30.1 Å². The van der Waals surface area contributed by atoms with Gasteiger partial charge in [0.05, 0.1) is 10.6 Å². The Labute approximate surface area is 246 Å². The third-order valence-corrected chi connectivity index (χ3v) is 8.84. The molecule has 1 N–H and O–H groups in total. The number of anilines is 1. The van der Waals surface area contributed by atoms with Crippen LogP contribution in [0.15, 0.2) is 114 Å². The van der Waals surface area contributed by atoms with E-state index < -0.39 is 40.2 Å². The normalized spacial score (nSPS) is 11.9. The number of benzene rings is 4. The van der Waals surface area contributed by atoms with Crippen LogP contribution in [0, 0.1) is 5.82 Å². The number of sulfonamides is 1. The number of likely N-dealkylation sites (N-methyl/N-ethyl adjacent to an activating group) is 1. The Bertz CT molecular complexity index is 1610. The predicted octanol–water partition coefficient (Wildman–Crippen LogP) is 4.97. The highest BCUT2D eigenvalue weighted by molar-refractivity contribution is 7.92. The number of nitrogens with one attached hydrogen (secondary N) is 1. The van der Waals surface area contributed by atoms with E-state index in [4.69, 9.17) is 0 Å². The zero-order valence-electron chi connectivity index (χ0n) is 23.6. The average Bonchev–Trinajstić information content (AvgIpc) is 3.02. The molecule has 2 amide bonds. The second-order valence-electron chi connectivity index (χ2n) is 9.74. The van der Waals surface area contributed by atoms with Crippen LogP contribution in [0.25, 0.3) is 0 Å². The van der Waals surface area contributed by atoms with Crippen molar-refractivity contribution in [3.63, 3.8) is 0 Å². The lowest BCUT2D eigenvalue weighted by atomic mass is 10.0. The molecule has 218 valence electrons. The molecule has 4 aromatic rings. The van der Waals surface area contributed by atoms with Gasteiger partial charge in [0.15, 0.2) is 0 Å². The molecule has 7 nitrogen and oxygen atoms in total. The van der Waals surface area contributed by atoms with E-state index in [0.717, 1.165) is 15.4 Å². The monoisotopic (exact) mass is 587 g/mol. The first kappa shape index (κ1) is 30.5. The number of rotatable bonds is 12. The first-order valence-electron chi connectivity index (χ1n) is 13.7. The highest BCUT2D eigenvalue weighted by atomic mass is 32.2. The van der Waals surface area contributed by atoms with Crippen molar-refractivity contribution in [2.24, 2.45) is 0 Å². The molecule has 0 aliphatic rings. The van der Waals surface area contributed by atoms with Crippen LogP contribution in [0.4, 0.5) is 10.1 Å². The summed E-state index contributed by atoms with van der Waals surface area (Å²) in [6, 6.07) is 29.1. The van der Waals surface area contributed by atoms with Gasteiger partial charge in [0.2, 0.25) is 11.8 Å². The Balaban J connectivity index is 1.82. The standard InChI is InChI=1S/C33H34FN3O4S/c1-3-26-16-11-13-21-30(26)37(42(40,41)28-18-8-5-9-19-28)24-32(38)36(23-27-17-10-12-20-29(27)34)31(33(39)35-2)22-25-14-6-4-7-15-25/h4-21,31H,3,22-24H2,1-2H3,(H,35,39). The van der Waals surface area contributed by atoms with Crippen molar-refractivity contribution in [2.75, 3.05) is 17.9 Å². The molecule has 0 saturated heterocycles. The number of hydrogen-bond donors (Lipinski definition) is 1. The molecule has 0 fully saturated rings. The molecule has 0 aliphatic carbocycles. The smallest absolute Gasteiger partial charge is 0.264 e. The first-order chi connectivity index (χ1) is 20.3. The molecule has 0 spiro atoms. The van der Waals surface area contributed by atoms with E-state index in [9.17, 15) is 22.4 Å². The second kappa shape index (κ2) is 13.9. The summed E-state index contributed by atoms with van der Waals surface area (Å²) in [4.78, 5) is 28.9. The molecule has 0 aliphatic heterocycles. The molecule has 42 heavy (non-hydrogen) atoms. The van der Waals surface area contributed by atoms with Crippen LogP contribution in [0.1, 0.15) is 23.6 Å². The number of carbonyl (C=O) groups excluding carboxylic acids is 2. The predicted molar refractivity (Wildman–Crippen MR) is 162 cm³/mol. The Kier molecular flexibility index (Phi) is 10.1. The van der Waals surface area contributed by atoms with Crippen LogP contribution < -0.4 is 9.62 Å². The molecule has 4 aromatic carbocycles. The minimum atomic E-state index is -4.20. The van der Waals surface area contributed by atoms with Gasteiger partial charge in [-0.05, 0) is 41.8 Å². The molecule has 0 heterocycles. The fourth-order valence-electron chi connectivity index (χ4n) is 4.82. The van der Waals surface area contributed by atoms with Gasteiger partial charge in [-0.3, -0.25) is 13.9 Å². The molecule has 0 saturated carbocycles. The highest BCUT2D eigenvalue weighted by Crippen LogP contribution is 2.28. The SMILES string of the molecule is CCc1ccccc1N(CC(=O)N(Cc1ccccc1F)C(Cc1ccccc1)C(=O)NC)S(=O)(=O)c1ccccc1. The largest absolute Gasteiger partial charge is 0.357 e. The van der Waals surface area contributed by atoms with Gasteiger partial charge < -0.3 is 10.2 Å². The highest BCUT2D eigenvalue weighted by Gasteiger charge is 2.35. The Hall–Kier alpha value is -4.50. The summed E-state index contributed by atoms with van der Waals surface area (Å²) in [5, 5.41) is 2.62. The quantitative estimate of drug-likeness (QED) is 0.254. The second-order valence-corrected chi connectivity index (χ2v) is 11.6. The summed E-state index contributed by atoms with van der Waals surface area (Å²) >= 11 is 0. The van der Waals surface area contributed by atoms with E-state index in [1.807, 2.05) is 49.4 Å². The molecule has 9 heteroatoms. The number of amides is 2. The molecule has 0 aromatic heterocycles. The minimum Gasteiger partial charge on any atom is -0.357 e. The van der Waals surface area contributed by atoms with Gasteiger partial charge in [-0.25, -0.2) is 12.8 Å². The number of nitrogens with zero attached hydrogens (tertiary/aromatic N) is 2. The van der Waals surface area contributed by atoms with E-state index in [0.29, 0.717) is 12.1 Å². The zero-order valence-corrected chi connectivity index (χ0v) is 24.4. The van der Waals surface area contributed by atoms with Crippen molar-refractivity contribution < 1.29 is 22.4 Å². The fraction of sp³-hybridized carbons (Fsp3) is 0.212. The van der Waals surface area contributed by atoms with E-state index in [-0.39, 0.29) is 23.4 Å². The maximum Gasteiger partial charge on any atom is 0.264 e. The third kappa shape index (κ3) is 7.03. The molecular formula is C33H34FN3O4S. The zero-order chi connectivity index (χ0) is 30.1. The molecular weight excluding hydrogens is 553 g/mol. The Morgan fingerprint density at radius 3 is 2.00 bits per heavy atom. The fourth-order valence-corrected chi connectivity index (χ4v) is 6.29. The summed E-state index contributed by atoms with van der Waals surface area (Å²) in [7, 11) is -2.73. The van der Waals surface area contributed by atoms with Gasteiger partial charge in [0.1, 0.15) is 18.4 Å². The molecule has 0 radical (unpaired) electrons. The van der Waals surface area contributed by atoms with Gasteiger partial charge in [-0.15, -0.1) is 0 Å². The van der Waals surface area contributed by atoms with Gasteiger partial charge >= 0.3 is 0 Å². The summed E-state index contributed by atoms with van der Waals surface area (Å²) in [6.07, 6.45) is 0.677. The van der Waals surface area contributed by atoms with Crippen molar-refractivity contribution in [2.45, 2.75) is 37.2 Å². The van der Waals surface area contributed by atoms with Crippen LogP contribution in [-0.4, -0.2) is 44.8 Å². The first-order valence-corrected chi connectivity index (χ1v) is 15.1. The van der Waals surface area contributed by atoms with E-state index >= 15 is 0 Å². The number of halogens is 1. The molecule has 0 bridgehead atoms. The van der Waals surface area contributed by atoms with Crippen molar-refractivity contribution >= 4 is 27.5 Å². The molecule has 1 unspecified atom stereocenters. The maximum absolute atomic E-state index is 14.9.